The fourth-order valence-electron chi connectivity index (χ4n) is 1.45. The zero-order chi connectivity index (χ0) is 10.7. The van der Waals surface area contributed by atoms with Crippen LogP contribution in [0.4, 0.5) is 0 Å². The summed E-state index contributed by atoms with van der Waals surface area (Å²) in [5.74, 6) is 1.12. The molecule has 0 fully saturated rings. The molecule has 0 bridgehead atoms. The molecule has 1 aromatic rings. The van der Waals surface area contributed by atoms with Crippen LogP contribution in [0.15, 0.2) is 12.1 Å². The second-order valence-corrected chi connectivity index (χ2v) is 4.48. The monoisotopic (exact) mass is 191 g/mol. The third kappa shape index (κ3) is 2.57. The first-order chi connectivity index (χ1) is 6.54. The highest BCUT2D eigenvalue weighted by Crippen LogP contribution is 2.20. The minimum Gasteiger partial charge on any atom is -0.258 e. The first kappa shape index (κ1) is 11.2. The quantitative estimate of drug-likeness (QED) is 0.706. The molecule has 0 atom stereocenters. The van der Waals surface area contributed by atoms with Crippen LogP contribution in [0.3, 0.4) is 0 Å². The largest absolute Gasteiger partial charge is 0.258 e. The van der Waals surface area contributed by atoms with E-state index in [4.69, 9.17) is 0 Å². The molecular weight excluding hydrogens is 170 g/mol. The summed E-state index contributed by atoms with van der Waals surface area (Å²) >= 11 is 0. The molecular formula is C13H21N. The highest BCUT2D eigenvalue weighted by atomic mass is 14.7. The van der Waals surface area contributed by atoms with Gasteiger partial charge in [-0.25, -0.2) is 0 Å². The molecule has 0 N–H and O–H groups in total. The number of pyridine rings is 1. The zero-order valence-corrected chi connectivity index (χ0v) is 9.96. The molecule has 0 spiro atoms. The summed E-state index contributed by atoms with van der Waals surface area (Å²) < 4.78 is 0. The number of aromatic nitrogens is 1. The molecule has 0 unspecified atom stereocenters. The minimum atomic E-state index is 0.527. The van der Waals surface area contributed by atoms with E-state index in [-0.39, 0.29) is 0 Å². The average molecular weight is 191 g/mol. The number of aryl methyl sites for hydroxylation is 1. The van der Waals surface area contributed by atoms with Crippen LogP contribution in [0, 0.1) is 0 Å². The van der Waals surface area contributed by atoms with E-state index in [2.05, 4.69) is 51.7 Å². The smallest absolute Gasteiger partial charge is 0.0435 e. The van der Waals surface area contributed by atoms with Crippen molar-refractivity contribution in [1.82, 2.24) is 4.98 Å². The maximum atomic E-state index is 4.63. The Morgan fingerprint density at radius 2 is 1.71 bits per heavy atom. The summed E-state index contributed by atoms with van der Waals surface area (Å²) in [6.45, 7) is 11.0. The van der Waals surface area contributed by atoms with E-state index in [1.165, 1.54) is 17.0 Å². The van der Waals surface area contributed by atoms with Gasteiger partial charge in [-0.05, 0) is 36.0 Å². The van der Waals surface area contributed by atoms with E-state index in [1.54, 1.807) is 0 Å². The number of hydrogen-bond donors (Lipinski definition) is 0. The Balaban J connectivity index is 3.13. The SMILES string of the molecule is CCc1cc(C(C)C)cc(C(C)C)n1. The number of nitrogens with zero attached hydrogens (tertiary/aromatic N) is 1. The van der Waals surface area contributed by atoms with Crippen molar-refractivity contribution in [1.29, 1.82) is 0 Å². The van der Waals surface area contributed by atoms with Crippen molar-refractivity contribution in [3.05, 3.63) is 29.1 Å². The zero-order valence-electron chi connectivity index (χ0n) is 9.96. The van der Waals surface area contributed by atoms with Gasteiger partial charge in [0.25, 0.3) is 0 Å². The molecule has 0 radical (unpaired) electrons. The van der Waals surface area contributed by atoms with Gasteiger partial charge in [0.2, 0.25) is 0 Å². The summed E-state index contributed by atoms with van der Waals surface area (Å²) in [6, 6.07) is 4.48. The van der Waals surface area contributed by atoms with Gasteiger partial charge in [-0.2, -0.15) is 0 Å². The van der Waals surface area contributed by atoms with Crippen LogP contribution in [0.1, 0.15) is 63.4 Å². The first-order valence-corrected chi connectivity index (χ1v) is 5.55. The topological polar surface area (TPSA) is 12.9 Å². The van der Waals surface area contributed by atoms with Gasteiger partial charge in [-0.1, -0.05) is 34.6 Å². The van der Waals surface area contributed by atoms with Gasteiger partial charge in [0, 0.05) is 11.4 Å². The van der Waals surface area contributed by atoms with Crippen LogP contribution in [0.5, 0.6) is 0 Å². The van der Waals surface area contributed by atoms with Crippen LogP contribution in [0.25, 0.3) is 0 Å². The Morgan fingerprint density at radius 3 is 2.14 bits per heavy atom. The molecule has 0 saturated carbocycles. The molecule has 0 aliphatic rings. The maximum Gasteiger partial charge on any atom is 0.0435 e. The van der Waals surface area contributed by atoms with E-state index in [9.17, 15) is 0 Å². The highest BCUT2D eigenvalue weighted by Gasteiger charge is 2.07. The summed E-state index contributed by atoms with van der Waals surface area (Å²) in [5, 5.41) is 0. The van der Waals surface area contributed by atoms with Gasteiger partial charge < -0.3 is 0 Å². The van der Waals surface area contributed by atoms with Gasteiger partial charge in [0.05, 0.1) is 0 Å². The van der Waals surface area contributed by atoms with Gasteiger partial charge in [-0.3, -0.25) is 4.98 Å². The van der Waals surface area contributed by atoms with Crippen LogP contribution in [-0.4, -0.2) is 4.98 Å². The van der Waals surface area contributed by atoms with Crippen molar-refractivity contribution >= 4 is 0 Å². The Kier molecular flexibility index (Phi) is 3.68. The lowest BCUT2D eigenvalue weighted by molar-refractivity contribution is 0.783. The molecule has 1 heteroatoms. The highest BCUT2D eigenvalue weighted by molar-refractivity contribution is 5.25. The molecule has 14 heavy (non-hydrogen) atoms. The second-order valence-electron chi connectivity index (χ2n) is 4.48. The van der Waals surface area contributed by atoms with E-state index in [0.717, 1.165) is 6.42 Å². The third-order valence-corrected chi connectivity index (χ3v) is 2.54. The second kappa shape index (κ2) is 4.59. The van der Waals surface area contributed by atoms with Crippen molar-refractivity contribution in [3.63, 3.8) is 0 Å². The van der Waals surface area contributed by atoms with Crippen molar-refractivity contribution in [3.8, 4) is 0 Å². The standard InChI is InChI=1S/C13H21N/c1-6-12-7-11(9(2)3)8-13(14-12)10(4)5/h7-10H,6H2,1-5H3. The summed E-state index contributed by atoms with van der Waals surface area (Å²) in [7, 11) is 0. The Hall–Kier alpha value is -0.850. The summed E-state index contributed by atoms with van der Waals surface area (Å²) in [4.78, 5) is 4.63. The predicted octanol–water partition coefficient (Wildman–Crippen LogP) is 3.89. The van der Waals surface area contributed by atoms with Crippen molar-refractivity contribution < 1.29 is 0 Å². The van der Waals surface area contributed by atoms with Crippen molar-refractivity contribution in [2.24, 2.45) is 0 Å². The molecule has 0 aliphatic heterocycles. The van der Waals surface area contributed by atoms with Gasteiger partial charge in [0.15, 0.2) is 0 Å². The lowest BCUT2D eigenvalue weighted by atomic mass is 9.99. The van der Waals surface area contributed by atoms with E-state index in [0.29, 0.717) is 11.8 Å². The summed E-state index contributed by atoms with van der Waals surface area (Å²) in [5.41, 5.74) is 3.87. The average Bonchev–Trinajstić information content (AvgIpc) is 2.16. The normalized spacial score (nSPS) is 11.4. The van der Waals surface area contributed by atoms with Gasteiger partial charge >= 0.3 is 0 Å². The number of rotatable bonds is 3. The summed E-state index contributed by atoms with van der Waals surface area (Å²) in [6.07, 6.45) is 1.03. The Labute approximate surface area is 87.6 Å². The van der Waals surface area contributed by atoms with E-state index >= 15 is 0 Å². The predicted molar refractivity (Wildman–Crippen MR) is 61.8 cm³/mol. The third-order valence-electron chi connectivity index (χ3n) is 2.54. The molecule has 1 aromatic heterocycles. The molecule has 0 amide bonds. The molecule has 0 saturated heterocycles. The maximum absolute atomic E-state index is 4.63. The molecule has 0 aromatic carbocycles. The van der Waals surface area contributed by atoms with Crippen molar-refractivity contribution in [2.75, 3.05) is 0 Å². The van der Waals surface area contributed by atoms with Gasteiger partial charge in [-0.15, -0.1) is 0 Å². The Morgan fingerprint density at radius 1 is 1.07 bits per heavy atom. The fourth-order valence-corrected chi connectivity index (χ4v) is 1.45. The first-order valence-electron chi connectivity index (χ1n) is 5.55. The van der Waals surface area contributed by atoms with E-state index in [1.807, 2.05) is 0 Å². The Bertz CT molecular complexity index is 274. The van der Waals surface area contributed by atoms with Gasteiger partial charge in [0.1, 0.15) is 0 Å². The van der Waals surface area contributed by atoms with Crippen molar-refractivity contribution in [2.45, 2.75) is 52.9 Å². The molecule has 1 heterocycles. The van der Waals surface area contributed by atoms with Crippen LogP contribution >= 0.6 is 0 Å². The van der Waals surface area contributed by atoms with Crippen LogP contribution < -0.4 is 0 Å². The minimum absolute atomic E-state index is 0.527. The lowest BCUT2D eigenvalue weighted by Crippen LogP contribution is -2.00. The fraction of sp³-hybridized carbons (Fsp3) is 0.615. The molecule has 1 rings (SSSR count). The van der Waals surface area contributed by atoms with E-state index < -0.39 is 0 Å². The molecule has 1 nitrogen and oxygen atoms in total. The van der Waals surface area contributed by atoms with Crippen LogP contribution in [-0.2, 0) is 6.42 Å². The molecule has 78 valence electrons. The van der Waals surface area contributed by atoms with Crippen LogP contribution in [0.2, 0.25) is 0 Å². The lowest BCUT2D eigenvalue weighted by Gasteiger charge is -2.12. The number of hydrogen-bond acceptors (Lipinski definition) is 1. The molecule has 0 aliphatic carbocycles.